The summed E-state index contributed by atoms with van der Waals surface area (Å²) in [7, 11) is 0. The molecule has 0 heterocycles. The van der Waals surface area contributed by atoms with Crippen molar-refractivity contribution in [1.82, 2.24) is 0 Å². The fourth-order valence-electron chi connectivity index (χ4n) is 1.46. The Labute approximate surface area is 117 Å². The van der Waals surface area contributed by atoms with Crippen LogP contribution in [0.4, 0.5) is 0 Å². The van der Waals surface area contributed by atoms with E-state index in [9.17, 15) is 4.79 Å². The van der Waals surface area contributed by atoms with Crippen LogP contribution in [-0.2, 0) is 0 Å². The van der Waals surface area contributed by atoms with E-state index in [2.05, 4.69) is 22.9 Å². The zero-order valence-electron chi connectivity index (χ0n) is 10.2. The van der Waals surface area contributed by atoms with Crippen molar-refractivity contribution in [3.8, 4) is 0 Å². The second-order valence-corrected chi connectivity index (χ2v) is 6.14. The lowest BCUT2D eigenvalue weighted by molar-refractivity contribution is 0.0982. The summed E-state index contributed by atoms with van der Waals surface area (Å²) in [5, 5.41) is 0. The van der Waals surface area contributed by atoms with Crippen molar-refractivity contribution < 1.29 is 4.79 Å². The first-order valence-electron chi connectivity index (χ1n) is 6.10. The number of carbonyl (C=O) groups excluding carboxylic acids is 1. The van der Waals surface area contributed by atoms with Gasteiger partial charge >= 0.3 is 0 Å². The standard InChI is InChI=1S/C14H19BrOS/c1-2-3-10-17-11-4-5-14(16)12-6-8-13(15)9-7-12/h6-9H,2-5,10-11H2,1H3. The first kappa shape index (κ1) is 14.8. The maximum atomic E-state index is 11.8. The maximum Gasteiger partial charge on any atom is 0.162 e. The lowest BCUT2D eigenvalue weighted by Crippen LogP contribution is -1.99. The van der Waals surface area contributed by atoms with Crippen molar-refractivity contribution in [2.75, 3.05) is 11.5 Å². The predicted octanol–water partition coefficient (Wildman–Crippen LogP) is 4.95. The highest BCUT2D eigenvalue weighted by Gasteiger charge is 2.04. The van der Waals surface area contributed by atoms with Gasteiger partial charge < -0.3 is 0 Å². The van der Waals surface area contributed by atoms with E-state index in [4.69, 9.17) is 0 Å². The van der Waals surface area contributed by atoms with Crippen LogP contribution in [0.1, 0.15) is 43.0 Å². The van der Waals surface area contributed by atoms with Crippen LogP contribution in [0, 0.1) is 0 Å². The van der Waals surface area contributed by atoms with Crippen molar-refractivity contribution in [2.24, 2.45) is 0 Å². The lowest BCUT2D eigenvalue weighted by Gasteiger charge is -2.02. The number of hydrogen-bond acceptors (Lipinski definition) is 2. The minimum Gasteiger partial charge on any atom is -0.294 e. The molecule has 0 spiro atoms. The molecule has 0 aliphatic heterocycles. The van der Waals surface area contributed by atoms with Gasteiger partial charge in [0.2, 0.25) is 0 Å². The Morgan fingerprint density at radius 3 is 2.47 bits per heavy atom. The van der Waals surface area contributed by atoms with Crippen molar-refractivity contribution in [3.05, 3.63) is 34.3 Å². The molecule has 1 nitrogen and oxygen atoms in total. The van der Waals surface area contributed by atoms with Crippen LogP contribution in [0.3, 0.4) is 0 Å². The van der Waals surface area contributed by atoms with Gasteiger partial charge in [-0.3, -0.25) is 4.79 Å². The number of ketones is 1. The van der Waals surface area contributed by atoms with Crippen LogP contribution >= 0.6 is 27.7 Å². The third-order valence-electron chi connectivity index (χ3n) is 2.50. The highest BCUT2D eigenvalue weighted by molar-refractivity contribution is 9.10. The lowest BCUT2D eigenvalue weighted by atomic mass is 10.1. The summed E-state index contributed by atoms with van der Waals surface area (Å²) < 4.78 is 1.02. The van der Waals surface area contributed by atoms with E-state index in [-0.39, 0.29) is 5.78 Å². The molecule has 0 unspecified atom stereocenters. The second-order valence-electron chi connectivity index (χ2n) is 4.00. The number of benzene rings is 1. The molecular formula is C14H19BrOS. The summed E-state index contributed by atoms with van der Waals surface area (Å²) in [5.74, 6) is 2.58. The van der Waals surface area contributed by atoms with Gasteiger partial charge in [0.1, 0.15) is 0 Å². The van der Waals surface area contributed by atoms with Crippen LogP contribution in [0.2, 0.25) is 0 Å². The number of halogens is 1. The topological polar surface area (TPSA) is 17.1 Å². The van der Waals surface area contributed by atoms with E-state index in [1.165, 1.54) is 18.6 Å². The predicted molar refractivity (Wildman–Crippen MR) is 79.9 cm³/mol. The van der Waals surface area contributed by atoms with Gasteiger partial charge in [0.05, 0.1) is 0 Å². The van der Waals surface area contributed by atoms with E-state index < -0.39 is 0 Å². The molecule has 0 amide bonds. The Balaban J connectivity index is 2.19. The molecule has 0 bridgehead atoms. The molecular weight excluding hydrogens is 296 g/mol. The minimum atomic E-state index is 0.258. The molecule has 0 saturated carbocycles. The minimum absolute atomic E-state index is 0.258. The average molecular weight is 315 g/mol. The Morgan fingerprint density at radius 2 is 1.82 bits per heavy atom. The van der Waals surface area contributed by atoms with E-state index in [0.29, 0.717) is 6.42 Å². The summed E-state index contributed by atoms with van der Waals surface area (Å²) in [4.78, 5) is 11.8. The van der Waals surface area contributed by atoms with E-state index in [1.54, 1.807) is 0 Å². The van der Waals surface area contributed by atoms with Gasteiger partial charge in [-0.05, 0) is 36.5 Å². The molecule has 0 atom stereocenters. The molecule has 1 aromatic carbocycles. The largest absolute Gasteiger partial charge is 0.294 e. The summed E-state index contributed by atoms with van der Waals surface area (Å²) >= 11 is 5.33. The first-order valence-corrected chi connectivity index (χ1v) is 8.05. The van der Waals surface area contributed by atoms with Crippen LogP contribution in [0.15, 0.2) is 28.7 Å². The molecule has 0 aromatic heterocycles. The number of thioether (sulfide) groups is 1. The summed E-state index contributed by atoms with van der Waals surface area (Å²) in [6, 6.07) is 7.61. The van der Waals surface area contributed by atoms with Gasteiger partial charge in [-0.1, -0.05) is 41.4 Å². The maximum absolute atomic E-state index is 11.8. The smallest absolute Gasteiger partial charge is 0.162 e. The highest BCUT2D eigenvalue weighted by atomic mass is 79.9. The molecule has 0 radical (unpaired) electrons. The van der Waals surface area contributed by atoms with Gasteiger partial charge in [0.25, 0.3) is 0 Å². The van der Waals surface area contributed by atoms with E-state index in [1.807, 2.05) is 36.0 Å². The average Bonchev–Trinajstić information content (AvgIpc) is 2.34. The Kier molecular flexibility index (Phi) is 7.62. The van der Waals surface area contributed by atoms with Gasteiger partial charge in [-0.15, -0.1) is 0 Å². The number of carbonyl (C=O) groups is 1. The number of Topliss-reactive ketones (excluding diaryl/α,β-unsaturated/α-hetero) is 1. The molecule has 0 aliphatic rings. The number of unbranched alkanes of at least 4 members (excludes halogenated alkanes) is 1. The monoisotopic (exact) mass is 314 g/mol. The fraction of sp³-hybridized carbons (Fsp3) is 0.500. The fourth-order valence-corrected chi connectivity index (χ4v) is 2.77. The molecule has 0 aliphatic carbocycles. The quantitative estimate of drug-likeness (QED) is 0.499. The first-order chi connectivity index (χ1) is 8.24. The van der Waals surface area contributed by atoms with Gasteiger partial charge in [-0.25, -0.2) is 0 Å². The summed E-state index contributed by atoms with van der Waals surface area (Å²) in [6.45, 7) is 2.21. The van der Waals surface area contributed by atoms with Crippen molar-refractivity contribution in [1.29, 1.82) is 0 Å². The molecule has 94 valence electrons. The van der Waals surface area contributed by atoms with Crippen LogP contribution in [-0.4, -0.2) is 17.3 Å². The van der Waals surface area contributed by atoms with E-state index in [0.717, 1.165) is 22.2 Å². The van der Waals surface area contributed by atoms with E-state index >= 15 is 0 Å². The Morgan fingerprint density at radius 1 is 1.18 bits per heavy atom. The molecule has 0 saturated heterocycles. The molecule has 1 rings (SSSR count). The van der Waals surface area contributed by atoms with Crippen molar-refractivity contribution in [3.63, 3.8) is 0 Å². The third-order valence-corrected chi connectivity index (χ3v) is 4.18. The normalized spacial score (nSPS) is 10.5. The van der Waals surface area contributed by atoms with Crippen LogP contribution in [0.25, 0.3) is 0 Å². The summed E-state index contributed by atoms with van der Waals surface area (Å²) in [5.41, 5.74) is 0.826. The van der Waals surface area contributed by atoms with Gasteiger partial charge in [-0.2, -0.15) is 11.8 Å². The molecule has 0 fully saturated rings. The molecule has 0 N–H and O–H groups in total. The zero-order chi connectivity index (χ0) is 12.5. The zero-order valence-corrected chi connectivity index (χ0v) is 12.6. The second kappa shape index (κ2) is 8.76. The Hall–Kier alpha value is -0.280. The SMILES string of the molecule is CCCCSCCCC(=O)c1ccc(Br)cc1. The Bertz CT molecular complexity index is 335. The van der Waals surface area contributed by atoms with Crippen LogP contribution < -0.4 is 0 Å². The molecule has 1 aromatic rings. The van der Waals surface area contributed by atoms with Crippen molar-refractivity contribution in [2.45, 2.75) is 32.6 Å². The van der Waals surface area contributed by atoms with Gasteiger partial charge in [0, 0.05) is 16.5 Å². The number of rotatable bonds is 8. The summed E-state index contributed by atoms with van der Waals surface area (Å²) in [6.07, 6.45) is 4.19. The van der Waals surface area contributed by atoms with Crippen LogP contribution in [0.5, 0.6) is 0 Å². The third kappa shape index (κ3) is 6.27. The molecule has 17 heavy (non-hydrogen) atoms. The number of hydrogen-bond donors (Lipinski definition) is 0. The molecule has 3 heteroatoms. The highest BCUT2D eigenvalue weighted by Crippen LogP contribution is 2.14. The van der Waals surface area contributed by atoms with Crippen molar-refractivity contribution >= 4 is 33.5 Å². The van der Waals surface area contributed by atoms with Gasteiger partial charge in [0.15, 0.2) is 5.78 Å².